The molecule has 1 N–H and O–H groups in total. The van der Waals surface area contributed by atoms with Crippen molar-refractivity contribution in [1.29, 1.82) is 0 Å². The van der Waals surface area contributed by atoms with E-state index in [0.29, 0.717) is 25.1 Å². The number of ether oxygens (including phenoxy) is 1. The number of halogens is 2. The number of amides is 1. The van der Waals surface area contributed by atoms with Crippen LogP contribution in [0.2, 0.25) is 0 Å². The third kappa shape index (κ3) is 5.21. The van der Waals surface area contributed by atoms with Gasteiger partial charge in [0.2, 0.25) is 5.91 Å². The maximum atomic E-state index is 12.4. The summed E-state index contributed by atoms with van der Waals surface area (Å²) in [5, 5.41) is 3.42. The molecule has 0 bridgehead atoms. The number of cyclic esters (lactones) is 1. The first-order valence-electron chi connectivity index (χ1n) is 8.03. The second kappa shape index (κ2) is 9.06. The van der Waals surface area contributed by atoms with E-state index in [1.165, 1.54) is 12.8 Å². The Hall–Kier alpha value is -0.560. The summed E-state index contributed by atoms with van der Waals surface area (Å²) < 4.78 is 4.90. The Morgan fingerprint density at radius 3 is 2.35 bits per heavy atom. The molecular formula is C15H27Cl2N3O3. The largest absolute Gasteiger partial charge is 0.463 e. The van der Waals surface area contributed by atoms with Crippen LogP contribution < -0.4 is 5.32 Å². The number of esters is 1. The van der Waals surface area contributed by atoms with Crippen molar-refractivity contribution in [2.45, 2.75) is 25.7 Å². The smallest absolute Gasteiger partial charge is 0.320 e. The van der Waals surface area contributed by atoms with Gasteiger partial charge in [-0.25, -0.2) is 0 Å². The zero-order chi connectivity index (χ0) is 14.7. The van der Waals surface area contributed by atoms with Gasteiger partial charge in [0, 0.05) is 19.6 Å². The number of hydrogen-bond donors (Lipinski definition) is 1. The summed E-state index contributed by atoms with van der Waals surface area (Å²) in [5.41, 5.74) is 0.469. The summed E-state index contributed by atoms with van der Waals surface area (Å²) >= 11 is 0. The lowest BCUT2D eigenvalue weighted by molar-refractivity contribution is -0.152. The first-order chi connectivity index (χ1) is 10.2. The van der Waals surface area contributed by atoms with Crippen LogP contribution in [0, 0.1) is 5.41 Å². The van der Waals surface area contributed by atoms with E-state index in [0.717, 1.165) is 39.0 Å². The highest BCUT2D eigenvalue weighted by Gasteiger charge is 2.37. The Morgan fingerprint density at radius 2 is 1.74 bits per heavy atom. The molecule has 6 nitrogen and oxygen atoms in total. The zero-order valence-electron chi connectivity index (χ0n) is 13.4. The summed E-state index contributed by atoms with van der Waals surface area (Å²) in [4.78, 5) is 27.5. The molecule has 0 aliphatic carbocycles. The van der Waals surface area contributed by atoms with Crippen molar-refractivity contribution in [3.63, 3.8) is 0 Å². The van der Waals surface area contributed by atoms with Crippen LogP contribution >= 0.6 is 24.8 Å². The van der Waals surface area contributed by atoms with Crippen molar-refractivity contribution in [1.82, 2.24) is 15.1 Å². The number of rotatable bonds is 2. The average Bonchev–Trinajstić information content (AvgIpc) is 2.49. The number of carbonyl (C=O) groups is 2. The van der Waals surface area contributed by atoms with E-state index in [1.807, 2.05) is 9.80 Å². The molecule has 3 fully saturated rings. The Balaban J connectivity index is 0.00000132. The number of morpholine rings is 1. The van der Waals surface area contributed by atoms with Crippen LogP contribution in [0.3, 0.4) is 0 Å². The molecule has 3 rings (SSSR count). The van der Waals surface area contributed by atoms with E-state index in [1.54, 1.807) is 0 Å². The summed E-state index contributed by atoms with van der Waals surface area (Å²) in [7, 11) is 0. The van der Waals surface area contributed by atoms with Gasteiger partial charge in [-0.15, -0.1) is 24.8 Å². The monoisotopic (exact) mass is 367 g/mol. The molecule has 134 valence electrons. The molecule has 0 saturated carbocycles. The lowest BCUT2D eigenvalue weighted by atomic mass is 9.71. The molecule has 3 saturated heterocycles. The fourth-order valence-corrected chi connectivity index (χ4v) is 3.71. The predicted molar refractivity (Wildman–Crippen MR) is 92.2 cm³/mol. The van der Waals surface area contributed by atoms with E-state index >= 15 is 0 Å². The third-order valence-corrected chi connectivity index (χ3v) is 5.22. The van der Waals surface area contributed by atoms with Gasteiger partial charge in [0.1, 0.15) is 6.61 Å². The highest BCUT2D eigenvalue weighted by Crippen LogP contribution is 2.39. The molecule has 0 aromatic heterocycles. The number of piperidine rings is 2. The molecule has 8 heteroatoms. The molecule has 3 aliphatic heterocycles. The van der Waals surface area contributed by atoms with Crippen LogP contribution in [0.4, 0.5) is 0 Å². The van der Waals surface area contributed by atoms with Gasteiger partial charge < -0.3 is 15.0 Å². The van der Waals surface area contributed by atoms with Crippen LogP contribution in [0.25, 0.3) is 0 Å². The molecule has 0 radical (unpaired) electrons. The van der Waals surface area contributed by atoms with Crippen molar-refractivity contribution in [3.8, 4) is 0 Å². The highest BCUT2D eigenvalue weighted by atomic mass is 35.5. The second-order valence-electron chi connectivity index (χ2n) is 6.56. The second-order valence-corrected chi connectivity index (χ2v) is 6.56. The van der Waals surface area contributed by atoms with E-state index in [2.05, 4.69) is 5.32 Å². The molecular weight excluding hydrogens is 341 g/mol. The third-order valence-electron chi connectivity index (χ3n) is 5.22. The standard InChI is InChI=1S/C15H25N3O3.2ClH/c19-13(11-17-9-10-21-14(20)12-17)18-7-3-15(4-8-18)1-5-16-6-2-15;;/h16H,1-12H2;2*1H. The first kappa shape index (κ1) is 20.5. The molecule has 0 atom stereocenters. The maximum Gasteiger partial charge on any atom is 0.320 e. The molecule has 3 aliphatic rings. The summed E-state index contributed by atoms with van der Waals surface area (Å²) in [6, 6.07) is 0. The zero-order valence-corrected chi connectivity index (χ0v) is 15.1. The molecule has 0 aromatic rings. The lowest BCUT2D eigenvalue weighted by Crippen LogP contribution is -2.51. The fourth-order valence-electron chi connectivity index (χ4n) is 3.71. The fraction of sp³-hybridized carbons (Fsp3) is 0.867. The van der Waals surface area contributed by atoms with Gasteiger partial charge in [-0.05, 0) is 44.2 Å². The van der Waals surface area contributed by atoms with Gasteiger partial charge in [-0.1, -0.05) is 0 Å². The summed E-state index contributed by atoms with van der Waals surface area (Å²) in [5.74, 6) is -0.0603. The molecule has 3 heterocycles. The highest BCUT2D eigenvalue weighted by molar-refractivity contribution is 5.85. The quantitative estimate of drug-likeness (QED) is 0.727. The Morgan fingerprint density at radius 1 is 1.09 bits per heavy atom. The number of carbonyl (C=O) groups excluding carboxylic acids is 2. The van der Waals surface area contributed by atoms with Crippen LogP contribution in [0.15, 0.2) is 0 Å². The molecule has 1 amide bonds. The molecule has 0 aromatic carbocycles. The Kier molecular flexibility index (Phi) is 8.07. The number of nitrogens with one attached hydrogen (secondary N) is 1. The van der Waals surface area contributed by atoms with Gasteiger partial charge in [0.15, 0.2) is 0 Å². The SMILES string of the molecule is Cl.Cl.O=C1CN(CC(=O)N2CCC3(CCNCC3)CC2)CCO1. The Bertz CT molecular complexity index is 407. The lowest BCUT2D eigenvalue weighted by Gasteiger charge is -2.44. The predicted octanol–water partition coefficient (Wildman–Crippen LogP) is 0.681. The maximum absolute atomic E-state index is 12.4. The van der Waals surface area contributed by atoms with Crippen LogP contribution in [0.5, 0.6) is 0 Å². The van der Waals surface area contributed by atoms with E-state index in [-0.39, 0.29) is 43.2 Å². The summed E-state index contributed by atoms with van der Waals surface area (Å²) in [6.45, 7) is 5.64. The number of likely N-dealkylation sites (tertiary alicyclic amines) is 1. The molecule has 1 spiro atoms. The minimum Gasteiger partial charge on any atom is -0.463 e. The topological polar surface area (TPSA) is 61.9 Å². The Labute approximate surface area is 150 Å². The molecule has 23 heavy (non-hydrogen) atoms. The van der Waals surface area contributed by atoms with Gasteiger partial charge in [-0.3, -0.25) is 14.5 Å². The normalized spacial score (nSPS) is 24.3. The van der Waals surface area contributed by atoms with Gasteiger partial charge in [0.05, 0.1) is 13.1 Å². The number of nitrogens with zero attached hydrogens (tertiary/aromatic N) is 2. The van der Waals surface area contributed by atoms with Crippen molar-refractivity contribution in [3.05, 3.63) is 0 Å². The van der Waals surface area contributed by atoms with Gasteiger partial charge >= 0.3 is 5.97 Å². The van der Waals surface area contributed by atoms with Crippen LogP contribution in [0.1, 0.15) is 25.7 Å². The van der Waals surface area contributed by atoms with Crippen LogP contribution in [-0.4, -0.2) is 74.1 Å². The van der Waals surface area contributed by atoms with E-state index in [4.69, 9.17) is 4.74 Å². The van der Waals surface area contributed by atoms with E-state index in [9.17, 15) is 9.59 Å². The first-order valence-corrected chi connectivity index (χ1v) is 8.03. The van der Waals surface area contributed by atoms with Crippen molar-refractivity contribution in [2.75, 3.05) is 52.4 Å². The molecule has 0 unspecified atom stereocenters. The number of hydrogen-bond acceptors (Lipinski definition) is 5. The minimum atomic E-state index is -0.221. The van der Waals surface area contributed by atoms with Crippen molar-refractivity contribution >= 4 is 36.7 Å². The van der Waals surface area contributed by atoms with Crippen molar-refractivity contribution in [2.24, 2.45) is 5.41 Å². The van der Waals surface area contributed by atoms with Crippen LogP contribution in [-0.2, 0) is 14.3 Å². The minimum absolute atomic E-state index is 0. The van der Waals surface area contributed by atoms with Gasteiger partial charge in [0.25, 0.3) is 0 Å². The van der Waals surface area contributed by atoms with Crippen molar-refractivity contribution < 1.29 is 14.3 Å². The average molecular weight is 368 g/mol. The summed E-state index contributed by atoms with van der Waals surface area (Å²) in [6.07, 6.45) is 4.74. The van der Waals surface area contributed by atoms with Gasteiger partial charge in [-0.2, -0.15) is 0 Å². The van der Waals surface area contributed by atoms with E-state index < -0.39 is 0 Å².